The van der Waals surface area contributed by atoms with Crippen LogP contribution in [0.5, 0.6) is 5.75 Å². The van der Waals surface area contributed by atoms with Gasteiger partial charge in [-0.25, -0.2) is 0 Å². The zero-order valence-electron chi connectivity index (χ0n) is 11.4. The summed E-state index contributed by atoms with van der Waals surface area (Å²) in [5.74, 6) is -0.113. The Morgan fingerprint density at radius 1 is 1.29 bits per heavy atom. The number of halogens is 4. The number of hydrogen-bond acceptors (Lipinski definition) is 2. The molecule has 0 atom stereocenters. The van der Waals surface area contributed by atoms with E-state index in [2.05, 4.69) is 4.74 Å². The minimum atomic E-state index is -4.78. The van der Waals surface area contributed by atoms with Crippen LogP contribution >= 0.6 is 11.6 Å². The summed E-state index contributed by atoms with van der Waals surface area (Å²) in [6, 6.07) is 3.42. The van der Waals surface area contributed by atoms with Crippen LogP contribution in [0.1, 0.15) is 48.9 Å². The van der Waals surface area contributed by atoms with E-state index in [0.29, 0.717) is 12.3 Å². The first kappa shape index (κ1) is 16.1. The normalized spacial score (nSPS) is 16.2. The molecule has 1 aliphatic rings. The van der Waals surface area contributed by atoms with Gasteiger partial charge in [0.15, 0.2) is 5.78 Å². The van der Waals surface area contributed by atoms with Crippen molar-refractivity contribution in [1.82, 2.24) is 0 Å². The molecule has 0 radical (unpaired) electrons. The Bertz CT molecular complexity index is 508. The van der Waals surface area contributed by atoms with Crippen molar-refractivity contribution < 1.29 is 22.7 Å². The SMILES string of the molecule is O=C(CCC1CCCC1)c1cc(OC(F)(F)F)ccc1Cl. The molecule has 6 heteroatoms. The number of benzene rings is 1. The Morgan fingerprint density at radius 3 is 2.57 bits per heavy atom. The average molecular weight is 321 g/mol. The molecule has 1 aromatic carbocycles. The lowest BCUT2D eigenvalue weighted by Gasteiger charge is -2.12. The van der Waals surface area contributed by atoms with Gasteiger partial charge in [0.05, 0.1) is 5.02 Å². The summed E-state index contributed by atoms with van der Waals surface area (Å²) in [6.45, 7) is 0. The van der Waals surface area contributed by atoms with E-state index in [1.165, 1.54) is 18.9 Å². The Morgan fingerprint density at radius 2 is 1.95 bits per heavy atom. The molecule has 1 saturated carbocycles. The van der Waals surface area contributed by atoms with Crippen molar-refractivity contribution in [3.8, 4) is 5.75 Å². The van der Waals surface area contributed by atoms with E-state index in [0.717, 1.165) is 31.4 Å². The molecule has 21 heavy (non-hydrogen) atoms. The minimum Gasteiger partial charge on any atom is -0.406 e. The molecule has 0 amide bonds. The highest BCUT2D eigenvalue weighted by Crippen LogP contribution is 2.31. The lowest BCUT2D eigenvalue weighted by molar-refractivity contribution is -0.274. The fourth-order valence-electron chi connectivity index (χ4n) is 2.68. The van der Waals surface area contributed by atoms with Gasteiger partial charge in [0.25, 0.3) is 0 Å². The summed E-state index contributed by atoms with van der Waals surface area (Å²) < 4.78 is 40.4. The number of ketones is 1. The van der Waals surface area contributed by atoms with Crippen molar-refractivity contribution in [2.24, 2.45) is 5.92 Å². The van der Waals surface area contributed by atoms with E-state index < -0.39 is 12.1 Å². The maximum atomic E-state index is 12.2. The summed E-state index contributed by atoms with van der Waals surface area (Å²) in [6.07, 6.45) is 0.914. The van der Waals surface area contributed by atoms with Gasteiger partial charge in [-0.3, -0.25) is 4.79 Å². The van der Waals surface area contributed by atoms with Crippen LogP contribution in [0.15, 0.2) is 18.2 Å². The largest absolute Gasteiger partial charge is 0.573 e. The second-order valence-corrected chi connectivity index (χ2v) is 5.71. The summed E-state index contributed by atoms with van der Waals surface area (Å²) in [5.41, 5.74) is 0.0939. The summed E-state index contributed by atoms with van der Waals surface area (Å²) >= 11 is 5.90. The van der Waals surface area contributed by atoms with E-state index in [-0.39, 0.29) is 16.4 Å². The van der Waals surface area contributed by atoms with Gasteiger partial charge < -0.3 is 4.74 Å². The van der Waals surface area contributed by atoms with Gasteiger partial charge in [-0.15, -0.1) is 13.2 Å². The maximum absolute atomic E-state index is 12.2. The van der Waals surface area contributed by atoms with Crippen LogP contribution < -0.4 is 4.74 Å². The molecule has 2 nitrogen and oxygen atoms in total. The number of Topliss-reactive ketones (excluding diaryl/α,β-unsaturated/α-hetero) is 1. The maximum Gasteiger partial charge on any atom is 0.573 e. The van der Waals surface area contributed by atoms with Crippen LogP contribution in [0.4, 0.5) is 13.2 Å². The number of alkyl halides is 3. The van der Waals surface area contributed by atoms with Crippen molar-refractivity contribution in [2.45, 2.75) is 44.9 Å². The Labute approximate surface area is 126 Å². The first-order chi connectivity index (χ1) is 9.85. The molecule has 0 saturated heterocycles. The van der Waals surface area contributed by atoms with Crippen LogP contribution in [-0.4, -0.2) is 12.1 Å². The lowest BCUT2D eigenvalue weighted by atomic mass is 9.97. The molecule has 2 rings (SSSR count). The van der Waals surface area contributed by atoms with Crippen LogP contribution in [0.25, 0.3) is 0 Å². The number of rotatable bonds is 5. The van der Waals surface area contributed by atoms with Crippen molar-refractivity contribution in [3.63, 3.8) is 0 Å². The van der Waals surface area contributed by atoms with Crippen molar-refractivity contribution in [1.29, 1.82) is 0 Å². The molecule has 0 aliphatic heterocycles. The smallest absolute Gasteiger partial charge is 0.406 e. The van der Waals surface area contributed by atoms with Gasteiger partial charge in [-0.05, 0) is 30.5 Å². The number of carbonyl (C=O) groups is 1. The van der Waals surface area contributed by atoms with Crippen LogP contribution in [0.3, 0.4) is 0 Å². The van der Waals surface area contributed by atoms with Gasteiger partial charge >= 0.3 is 6.36 Å². The number of ether oxygens (including phenoxy) is 1. The molecule has 0 unspecified atom stereocenters. The molecule has 1 aliphatic carbocycles. The van der Waals surface area contributed by atoms with Gasteiger partial charge in [0.2, 0.25) is 0 Å². The highest BCUT2D eigenvalue weighted by molar-refractivity contribution is 6.34. The second-order valence-electron chi connectivity index (χ2n) is 5.30. The Hall–Kier alpha value is -1.23. The third-order valence-corrected chi connectivity index (χ3v) is 4.06. The monoisotopic (exact) mass is 320 g/mol. The Balaban J connectivity index is 2.03. The van der Waals surface area contributed by atoms with E-state index >= 15 is 0 Å². The van der Waals surface area contributed by atoms with Crippen molar-refractivity contribution in [3.05, 3.63) is 28.8 Å². The topological polar surface area (TPSA) is 26.3 Å². The average Bonchev–Trinajstić information content (AvgIpc) is 2.90. The fourth-order valence-corrected chi connectivity index (χ4v) is 2.91. The van der Waals surface area contributed by atoms with Crippen molar-refractivity contribution in [2.75, 3.05) is 0 Å². The standard InChI is InChI=1S/C15H16ClF3O2/c16-13-7-6-11(21-15(17,18)19)9-12(13)14(20)8-5-10-3-1-2-4-10/h6-7,9-10H,1-5,8H2. The molecule has 1 fully saturated rings. The highest BCUT2D eigenvalue weighted by atomic mass is 35.5. The predicted octanol–water partition coefficient (Wildman–Crippen LogP) is 5.39. The van der Waals surface area contributed by atoms with E-state index in [4.69, 9.17) is 11.6 Å². The summed E-state index contributed by atoms with van der Waals surface area (Å²) in [5, 5.41) is 0.154. The van der Waals surface area contributed by atoms with Crippen LogP contribution in [0, 0.1) is 5.92 Å². The van der Waals surface area contributed by atoms with Crippen LogP contribution in [0.2, 0.25) is 5.02 Å². The van der Waals surface area contributed by atoms with Crippen molar-refractivity contribution >= 4 is 17.4 Å². The zero-order valence-corrected chi connectivity index (χ0v) is 12.1. The predicted molar refractivity (Wildman–Crippen MR) is 73.7 cm³/mol. The Kier molecular flexibility index (Phi) is 5.14. The summed E-state index contributed by atoms with van der Waals surface area (Å²) in [7, 11) is 0. The van der Waals surface area contributed by atoms with Gasteiger partial charge in [-0.1, -0.05) is 37.3 Å². The molecule has 0 spiro atoms. The van der Waals surface area contributed by atoms with Gasteiger partial charge in [0.1, 0.15) is 5.75 Å². The molecule has 0 aromatic heterocycles. The number of carbonyl (C=O) groups excluding carboxylic acids is 1. The highest BCUT2D eigenvalue weighted by Gasteiger charge is 2.31. The van der Waals surface area contributed by atoms with Gasteiger partial charge in [-0.2, -0.15) is 0 Å². The molecule has 0 heterocycles. The molecule has 0 bridgehead atoms. The molecule has 116 valence electrons. The third kappa shape index (κ3) is 4.92. The molecular weight excluding hydrogens is 305 g/mol. The summed E-state index contributed by atoms with van der Waals surface area (Å²) in [4.78, 5) is 12.1. The molecule has 0 N–H and O–H groups in total. The fraction of sp³-hybridized carbons (Fsp3) is 0.533. The minimum absolute atomic E-state index is 0.0939. The lowest BCUT2D eigenvalue weighted by Crippen LogP contribution is -2.17. The molecular formula is C15H16ClF3O2. The van der Waals surface area contributed by atoms with E-state index in [9.17, 15) is 18.0 Å². The third-order valence-electron chi connectivity index (χ3n) is 3.73. The number of hydrogen-bond donors (Lipinski definition) is 0. The van der Waals surface area contributed by atoms with Gasteiger partial charge in [0, 0.05) is 12.0 Å². The molecule has 1 aromatic rings. The first-order valence-electron chi connectivity index (χ1n) is 6.93. The quantitative estimate of drug-likeness (QED) is 0.680. The van der Waals surface area contributed by atoms with Crippen LogP contribution in [-0.2, 0) is 0 Å². The van der Waals surface area contributed by atoms with E-state index in [1.54, 1.807) is 0 Å². The first-order valence-corrected chi connectivity index (χ1v) is 7.31. The van der Waals surface area contributed by atoms with E-state index in [1.807, 2.05) is 0 Å². The zero-order chi connectivity index (χ0) is 15.5. The second kappa shape index (κ2) is 6.69.